The summed E-state index contributed by atoms with van der Waals surface area (Å²) in [6.07, 6.45) is 6.18. The van der Waals surface area contributed by atoms with Gasteiger partial charge in [0.25, 0.3) is 0 Å². The number of rotatable bonds is 3. The summed E-state index contributed by atoms with van der Waals surface area (Å²) >= 11 is 1.94. The SMILES string of the molecule is CSCCC1CCCOC1. The molecule has 0 amide bonds. The van der Waals surface area contributed by atoms with Gasteiger partial charge in [0.15, 0.2) is 0 Å². The Labute approximate surface area is 67.5 Å². The van der Waals surface area contributed by atoms with E-state index in [1.807, 2.05) is 11.8 Å². The fourth-order valence-electron chi connectivity index (χ4n) is 1.32. The van der Waals surface area contributed by atoms with Gasteiger partial charge in [0, 0.05) is 13.2 Å². The standard InChI is InChI=1S/C8H16OS/c1-10-6-4-8-3-2-5-9-7-8/h8H,2-7H2,1H3. The molecule has 1 heterocycles. The minimum absolute atomic E-state index is 0.862. The first-order valence-corrected chi connectivity index (χ1v) is 5.39. The highest BCUT2D eigenvalue weighted by Crippen LogP contribution is 2.18. The van der Waals surface area contributed by atoms with Crippen molar-refractivity contribution < 1.29 is 4.74 Å². The summed E-state index contributed by atoms with van der Waals surface area (Å²) in [6, 6.07) is 0. The molecule has 1 rings (SSSR count). The fourth-order valence-corrected chi connectivity index (χ4v) is 1.89. The van der Waals surface area contributed by atoms with Crippen LogP contribution in [0.5, 0.6) is 0 Å². The largest absolute Gasteiger partial charge is 0.381 e. The number of thioether (sulfide) groups is 1. The first-order chi connectivity index (χ1) is 4.93. The minimum atomic E-state index is 0.862. The smallest absolute Gasteiger partial charge is 0.0494 e. The summed E-state index contributed by atoms with van der Waals surface area (Å²) < 4.78 is 5.37. The molecule has 0 aromatic heterocycles. The van der Waals surface area contributed by atoms with Gasteiger partial charge in [-0.15, -0.1) is 0 Å². The summed E-state index contributed by atoms with van der Waals surface area (Å²) in [7, 11) is 0. The van der Waals surface area contributed by atoms with Crippen molar-refractivity contribution in [3.8, 4) is 0 Å². The van der Waals surface area contributed by atoms with Crippen molar-refractivity contribution in [1.29, 1.82) is 0 Å². The predicted molar refractivity (Wildman–Crippen MR) is 46.5 cm³/mol. The highest BCUT2D eigenvalue weighted by molar-refractivity contribution is 7.98. The maximum Gasteiger partial charge on any atom is 0.0494 e. The average Bonchev–Trinajstić information content (AvgIpc) is 2.03. The number of hydrogen-bond acceptors (Lipinski definition) is 2. The summed E-state index contributed by atoms with van der Waals surface area (Å²) in [4.78, 5) is 0. The normalized spacial score (nSPS) is 26.7. The monoisotopic (exact) mass is 160 g/mol. The van der Waals surface area contributed by atoms with Crippen LogP contribution >= 0.6 is 11.8 Å². The van der Waals surface area contributed by atoms with E-state index < -0.39 is 0 Å². The molecule has 1 nitrogen and oxygen atoms in total. The molecule has 1 aliphatic heterocycles. The van der Waals surface area contributed by atoms with Crippen LogP contribution in [0.15, 0.2) is 0 Å². The number of hydrogen-bond donors (Lipinski definition) is 0. The summed E-state index contributed by atoms with van der Waals surface area (Å²) in [5.74, 6) is 2.16. The molecular weight excluding hydrogens is 144 g/mol. The lowest BCUT2D eigenvalue weighted by atomic mass is 10.00. The van der Waals surface area contributed by atoms with Crippen LogP contribution in [-0.2, 0) is 4.74 Å². The van der Waals surface area contributed by atoms with Crippen LogP contribution in [0.4, 0.5) is 0 Å². The van der Waals surface area contributed by atoms with E-state index >= 15 is 0 Å². The lowest BCUT2D eigenvalue weighted by molar-refractivity contribution is 0.0540. The van der Waals surface area contributed by atoms with Gasteiger partial charge < -0.3 is 4.74 Å². The Morgan fingerprint density at radius 2 is 2.50 bits per heavy atom. The molecule has 1 atom stereocenters. The van der Waals surface area contributed by atoms with E-state index in [-0.39, 0.29) is 0 Å². The molecule has 0 aromatic rings. The molecule has 0 radical (unpaired) electrons. The van der Waals surface area contributed by atoms with Crippen molar-refractivity contribution in [3.05, 3.63) is 0 Å². The van der Waals surface area contributed by atoms with Crippen LogP contribution in [-0.4, -0.2) is 25.2 Å². The van der Waals surface area contributed by atoms with E-state index in [9.17, 15) is 0 Å². The van der Waals surface area contributed by atoms with Gasteiger partial charge in [-0.2, -0.15) is 11.8 Å². The molecule has 0 spiro atoms. The second-order valence-electron chi connectivity index (χ2n) is 2.86. The highest BCUT2D eigenvalue weighted by Gasteiger charge is 2.12. The Balaban J connectivity index is 2.02. The third-order valence-electron chi connectivity index (χ3n) is 1.98. The van der Waals surface area contributed by atoms with Gasteiger partial charge in [-0.3, -0.25) is 0 Å². The van der Waals surface area contributed by atoms with E-state index in [0.717, 1.165) is 19.1 Å². The van der Waals surface area contributed by atoms with Crippen LogP contribution in [0, 0.1) is 5.92 Å². The molecule has 0 aliphatic carbocycles. The molecule has 1 aliphatic rings. The molecule has 10 heavy (non-hydrogen) atoms. The van der Waals surface area contributed by atoms with Gasteiger partial charge >= 0.3 is 0 Å². The fraction of sp³-hybridized carbons (Fsp3) is 1.00. The van der Waals surface area contributed by atoms with Crippen molar-refractivity contribution >= 4 is 11.8 Å². The molecule has 0 bridgehead atoms. The third-order valence-corrected chi connectivity index (χ3v) is 2.63. The Kier molecular flexibility index (Phi) is 4.23. The van der Waals surface area contributed by atoms with Gasteiger partial charge in [0.1, 0.15) is 0 Å². The van der Waals surface area contributed by atoms with Crippen molar-refractivity contribution in [2.75, 3.05) is 25.2 Å². The molecule has 1 unspecified atom stereocenters. The molecular formula is C8H16OS. The van der Waals surface area contributed by atoms with Crippen LogP contribution in [0.25, 0.3) is 0 Å². The van der Waals surface area contributed by atoms with Crippen LogP contribution in [0.3, 0.4) is 0 Å². The third kappa shape index (κ3) is 2.93. The second-order valence-corrected chi connectivity index (χ2v) is 3.85. The lowest BCUT2D eigenvalue weighted by Crippen LogP contribution is -2.17. The van der Waals surface area contributed by atoms with Crippen LogP contribution in [0.2, 0.25) is 0 Å². The zero-order valence-corrected chi connectivity index (χ0v) is 7.45. The van der Waals surface area contributed by atoms with Crippen molar-refractivity contribution in [2.24, 2.45) is 5.92 Å². The minimum Gasteiger partial charge on any atom is -0.381 e. The zero-order valence-electron chi connectivity index (χ0n) is 6.64. The van der Waals surface area contributed by atoms with E-state index in [1.54, 1.807) is 0 Å². The average molecular weight is 160 g/mol. The van der Waals surface area contributed by atoms with E-state index in [0.29, 0.717) is 0 Å². The Bertz CT molecular complexity index is 79.3. The summed E-state index contributed by atoms with van der Waals surface area (Å²) in [5.41, 5.74) is 0. The zero-order chi connectivity index (χ0) is 7.23. The van der Waals surface area contributed by atoms with Crippen molar-refractivity contribution in [3.63, 3.8) is 0 Å². The van der Waals surface area contributed by atoms with Crippen LogP contribution in [0.1, 0.15) is 19.3 Å². The predicted octanol–water partition coefficient (Wildman–Crippen LogP) is 2.17. The molecule has 0 saturated carbocycles. The molecule has 60 valence electrons. The molecule has 0 N–H and O–H groups in total. The Morgan fingerprint density at radius 3 is 3.10 bits per heavy atom. The van der Waals surface area contributed by atoms with Gasteiger partial charge in [0.05, 0.1) is 0 Å². The van der Waals surface area contributed by atoms with E-state index in [2.05, 4.69) is 6.26 Å². The second kappa shape index (κ2) is 5.03. The first-order valence-electron chi connectivity index (χ1n) is 4.00. The van der Waals surface area contributed by atoms with Gasteiger partial charge in [0.2, 0.25) is 0 Å². The van der Waals surface area contributed by atoms with E-state index in [1.165, 1.54) is 25.0 Å². The quantitative estimate of drug-likeness (QED) is 0.625. The molecule has 1 saturated heterocycles. The Morgan fingerprint density at radius 1 is 1.60 bits per heavy atom. The maximum atomic E-state index is 5.37. The van der Waals surface area contributed by atoms with Crippen molar-refractivity contribution in [2.45, 2.75) is 19.3 Å². The first kappa shape index (κ1) is 8.41. The molecule has 1 fully saturated rings. The van der Waals surface area contributed by atoms with Crippen molar-refractivity contribution in [1.82, 2.24) is 0 Å². The lowest BCUT2D eigenvalue weighted by Gasteiger charge is -2.21. The number of ether oxygens (including phenoxy) is 1. The topological polar surface area (TPSA) is 9.23 Å². The van der Waals surface area contributed by atoms with Crippen LogP contribution < -0.4 is 0 Å². The van der Waals surface area contributed by atoms with Gasteiger partial charge in [-0.25, -0.2) is 0 Å². The summed E-state index contributed by atoms with van der Waals surface area (Å²) in [6.45, 7) is 2.01. The van der Waals surface area contributed by atoms with Gasteiger partial charge in [-0.1, -0.05) is 0 Å². The molecule has 2 heteroatoms. The van der Waals surface area contributed by atoms with E-state index in [4.69, 9.17) is 4.74 Å². The molecule has 0 aromatic carbocycles. The maximum absolute atomic E-state index is 5.37. The Hall–Kier alpha value is 0.310. The highest BCUT2D eigenvalue weighted by atomic mass is 32.2. The van der Waals surface area contributed by atoms with Gasteiger partial charge in [-0.05, 0) is 37.2 Å². The summed E-state index contributed by atoms with van der Waals surface area (Å²) in [5, 5.41) is 0.